The summed E-state index contributed by atoms with van der Waals surface area (Å²) in [5.41, 5.74) is 7.89. The fraction of sp³-hybridized carbons (Fsp3) is 0.111. The molecule has 0 spiro atoms. The molecule has 180 valence electrons. The summed E-state index contributed by atoms with van der Waals surface area (Å²) in [7, 11) is 0. The van der Waals surface area contributed by atoms with Gasteiger partial charge in [0.05, 0.1) is 0 Å². The van der Waals surface area contributed by atoms with Gasteiger partial charge < -0.3 is 2.85 Å². The third kappa shape index (κ3) is 6.86. The van der Waals surface area contributed by atoms with Gasteiger partial charge in [0, 0.05) is 11.8 Å². The zero-order chi connectivity index (χ0) is 24.4. The Hall–Kier alpha value is -3.45. The average molecular weight is 513 g/mol. The molecule has 0 N–H and O–H groups in total. The molecule has 1 heteroatoms. The summed E-state index contributed by atoms with van der Waals surface area (Å²) in [4.78, 5) is 0. The minimum Gasteiger partial charge on any atom is -1.00 e. The smallest absolute Gasteiger partial charge is 1.00 e. The first kappa shape index (κ1) is 26.6. The van der Waals surface area contributed by atoms with Crippen molar-refractivity contribution in [2.45, 2.75) is 24.7 Å². The minimum atomic E-state index is 0. The van der Waals surface area contributed by atoms with Gasteiger partial charge in [0.15, 0.2) is 0 Å². The third-order valence-corrected chi connectivity index (χ3v) is 6.60. The Morgan fingerprint density at radius 3 is 0.919 bits per heavy atom. The monoisotopic (exact) mass is 512 g/mol. The maximum absolute atomic E-state index is 3.46. The van der Waals surface area contributed by atoms with Crippen LogP contribution in [0.2, 0.25) is 0 Å². The van der Waals surface area contributed by atoms with Crippen LogP contribution < -0.4 is 0 Å². The first-order valence-corrected chi connectivity index (χ1v) is 12.6. The molecule has 0 aromatic heterocycles. The maximum atomic E-state index is 3.46. The summed E-state index contributed by atoms with van der Waals surface area (Å²) in [6.07, 6.45) is 17.5. The van der Waals surface area contributed by atoms with Crippen LogP contribution in [-0.2, 0) is 21.7 Å². The van der Waals surface area contributed by atoms with Crippen molar-refractivity contribution in [2.75, 3.05) is 0 Å². The predicted molar refractivity (Wildman–Crippen MR) is 153 cm³/mol. The van der Waals surface area contributed by atoms with E-state index in [9.17, 15) is 0 Å². The molecular formula is C36H32Ti. The molecule has 0 unspecified atom stereocenters. The molecule has 0 bridgehead atoms. The van der Waals surface area contributed by atoms with E-state index in [2.05, 4.69) is 158 Å². The summed E-state index contributed by atoms with van der Waals surface area (Å²) in [5, 5.41) is 0. The zero-order valence-electron chi connectivity index (χ0n) is 22.9. The minimum absolute atomic E-state index is 0. The molecule has 37 heavy (non-hydrogen) atoms. The Bertz CT molecular complexity index is 1170. The summed E-state index contributed by atoms with van der Waals surface area (Å²) in [6, 6.07) is 42.6. The summed E-state index contributed by atoms with van der Waals surface area (Å²) < 4.78 is 0. The van der Waals surface area contributed by atoms with Crippen LogP contribution in [-0.4, -0.2) is 0 Å². The van der Waals surface area contributed by atoms with Gasteiger partial charge in [-0.15, -0.1) is 12.8 Å². The van der Waals surface area contributed by atoms with Gasteiger partial charge >= 0.3 is 21.7 Å². The van der Waals surface area contributed by atoms with E-state index < -0.39 is 0 Å². The van der Waals surface area contributed by atoms with Crippen molar-refractivity contribution in [1.82, 2.24) is 0 Å². The van der Waals surface area contributed by atoms with E-state index in [0.717, 1.165) is 12.8 Å². The molecule has 0 fully saturated rings. The third-order valence-electron chi connectivity index (χ3n) is 6.60. The van der Waals surface area contributed by atoms with E-state index >= 15 is 0 Å². The van der Waals surface area contributed by atoms with Gasteiger partial charge in [0.25, 0.3) is 0 Å². The van der Waals surface area contributed by atoms with E-state index in [4.69, 9.17) is 0 Å². The molecule has 0 nitrogen and oxygen atoms in total. The van der Waals surface area contributed by atoms with Crippen LogP contribution in [0.1, 0.15) is 49.8 Å². The van der Waals surface area contributed by atoms with Crippen LogP contribution in [0.25, 0.3) is 0 Å². The van der Waals surface area contributed by atoms with Crippen molar-refractivity contribution in [1.29, 1.82) is 0 Å². The number of hydrogen-bond acceptors (Lipinski definition) is 0. The van der Waals surface area contributed by atoms with Crippen molar-refractivity contribution in [3.63, 3.8) is 0 Å². The molecule has 0 heterocycles. The molecule has 0 radical (unpaired) electrons. The van der Waals surface area contributed by atoms with E-state index in [-0.39, 0.29) is 24.6 Å². The second-order valence-corrected chi connectivity index (χ2v) is 8.99. The molecule has 2 aliphatic rings. The van der Waals surface area contributed by atoms with Gasteiger partial charge in [0.1, 0.15) is 0 Å². The Morgan fingerprint density at radius 1 is 0.432 bits per heavy atom. The van der Waals surface area contributed by atoms with Crippen LogP contribution in [0.15, 0.2) is 157 Å². The molecule has 0 amide bonds. The predicted octanol–water partition coefficient (Wildman–Crippen LogP) is 9.24. The van der Waals surface area contributed by atoms with Crippen LogP contribution >= 0.6 is 0 Å². The molecule has 4 aromatic rings. The quantitative estimate of drug-likeness (QED) is 0.178. The fourth-order valence-corrected chi connectivity index (χ4v) is 4.92. The van der Waals surface area contributed by atoms with Gasteiger partial charge in [-0.05, 0) is 22.3 Å². The Morgan fingerprint density at radius 2 is 0.703 bits per heavy atom. The number of allylic oxidation sites excluding steroid dienone is 8. The Kier molecular flexibility index (Phi) is 9.89. The molecule has 0 saturated heterocycles. The van der Waals surface area contributed by atoms with E-state index in [1.165, 1.54) is 33.4 Å². The van der Waals surface area contributed by atoms with Crippen molar-refractivity contribution in [3.8, 4) is 0 Å². The summed E-state index contributed by atoms with van der Waals surface area (Å²) >= 11 is 0. The van der Waals surface area contributed by atoms with E-state index in [1.54, 1.807) is 0 Å². The first-order chi connectivity index (χ1) is 17.9. The van der Waals surface area contributed by atoms with Crippen molar-refractivity contribution in [2.24, 2.45) is 0 Å². The van der Waals surface area contributed by atoms with E-state index in [1.807, 2.05) is 0 Å². The molecule has 0 saturated carbocycles. The number of rotatable bonds is 6. The van der Waals surface area contributed by atoms with Crippen LogP contribution in [0.4, 0.5) is 0 Å². The van der Waals surface area contributed by atoms with Crippen LogP contribution in [0.5, 0.6) is 0 Å². The van der Waals surface area contributed by atoms with Gasteiger partial charge in [0.2, 0.25) is 0 Å². The van der Waals surface area contributed by atoms with Gasteiger partial charge in [-0.2, -0.15) is 12.2 Å². The van der Waals surface area contributed by atoms with Crippen LogP contribution in [0, 0.1) is 12.2 Å². The van der Waals surface area contributed by atoms with Crippen molar-refractivity contribution in [3.05, 3.63) is 191 Å². The second kappa shape index (κ2) is 13.7. The van der Waals surface area contributed by atoms with E-state index in [0.29, 0.717) is 11.8 Å². The first-order valence-electron chi connectivity index (χ1n) is 12.6. The molecule has 6 rings (SSSR count). The summed E-state index contributed by atoms with van der Waals surface area (Å²) in [5.74, 6) is 0.622. The average Bonchev–Trinajstić information content (AvgIpc) is 3.68. The van der Waals surface area contributed by atoms with Gasteiger partial charge in [-0.25, -0.2) is 23.3 Å². The number of benzene rings is 4. The Balaban J connectivity index is 0.000000254. The standard InChI is InChI=1S/2C18H15.Ti.2H/c2*1-3-9-15(10-4-1)18(17-13-7-8-14-17)16-11-5-2-6-12-16;;;/h2*1-7,9-13,18H,8H2;;;/q2*-1;+4;2*-1. The molecule has 4 aromatic carbocycles. The van der Waals surface area contributed by atoms with Crippen molar-refractivity contribution < 1.29 is 24.6 Å². The molecule has 0 aliphatic heterocycles. The van der Waals surface area contributed by atoms with Gasteiger partial charge in [-0.3, -0.25) is 12.2 Å². The second-order valence-electron chi connectivity index (χ2n) is 8.99. The fourth-order valence-electron chi connectivity index (χ4n) is 4.92. The van der Waals surface area contributed by atoms with Gasteiger partial charge in [-0.1, -0.05) is 121 Å². The maximum Gasteiger partial charge on any atom is 4.00 e. The summed E-state index contributed by atoms with van der Waals surface area (Å²) in [6.45, 7) is 0. The SMILES string of the molecule is [C-]1=C(C(c2ccccc2)c2ccccc2)C=CC1.[C-]1=C(C(c2ccccc2)c2ccccc2)C=CC1.[H-].[H-].[Ti+4]. The largest absolute Gasteiger partial charge is 4.00 e. The Labute approximate surface area is 239 Å². The molecule has 2 aliphatic carbocycles. The van der Waals surface area contributed by atoms with Crippen LogP contribution in [0.3, 0.4) is 0 Å². The molecular weight excluding hydrogens is 480 g/mol. The topological polar surface area (TPSA) is 0 Å². The molecule has 0 atom stereocenters. The zero-order valence-corrected chi connectivity index (χ0v) is 22.5. The van der Waals surface area contributed by atoms with Crippen molar-refractivity contribution >= 4 is 0 Å². The normalized spacial score (nSPS) is 13.6. The number of hydrogen-bond donors (Lipinski definition) is 0.